The Morgan fingerprint density at radius 2 is 1.76 bits per heavy atom. The maximum absolute atomic E-state index is 12.3. The first-order chi connectivity index (χ1) is 12.2. The van der Waals surface area contributed by atoms with Gasteiger partial charge in [0.25, 0.3) is 0 Å². The zero-order chi connectivity index (χ0) is 17.2. The summed E-state index contributed by atoms with van der Waals surface area (Å²) < 4.78 is 5.50. The first-order valence-corrected chi connectivity index (χ1v) is 8.03. The fourth-order valence-corrected chi connectivity index (χ4v) is 2.65. The number of aromatic nitrogens is 2. The van der Waals surface area contributed by atoms with Gasteiger partial charge in [0.1, 0.15) is 11.6 Å². The van der Waals surface area contributed by atoms with Gasteiger partial charge in [-0.3, -0.25) is 0 Å². The first-order valence-electron chi connectivity index (χ1n) is 8.03. The zero-order valence-corrected chi connectivity index (χ0v) is 13.7. The van der Waals surface area contributed by atoms with Gasteiger partial charge < -0.3 is 9.72 Å². The summed E-state index contributed by atoms with van der Waals surface area (Å²) in [5.41, 5.74) is 4.37. The Morgan fingerprint density at radius 3 is 2.56 bits per heavy atom. The fraction of sp³-hybridized carbons (Fsp3) is 0.0476. The van der Waals surface area contributed by atoms with Crippen LogP contribution in [0.1, 0.15) is 15.9 Å². The first kappa shape index (κ1) is 15.1. The summed E-state index contributed by atoms with van der Waals surface area (Å²) in [6.45, 7) is 1.98. The standard InChI is InChI=1S/C21H16N2O2/c1-14-9-11-15(12-10-14)21(24)25-17-6-4-5-16(13-17)20-22-18-7-2-3-8-19(18)23-20/h2-13H,1H3,(H,22,23). The highest BCUT2D eigenvalue weighted by atomic mass is 16.5. The fourth-order valence-electron chi connectivity index (χ4n) is 2.65. The molecule has 0 aliphatic heterocycles. The van der Waals surface area contributed by atoms with Gasteiger partial charge in [-0.2, -0.15) is 0 Å². The van der Waals surface area contributed by atoms with E-state index >= 15 is 0 Å². The van der Waals surface area contributed by atoms with Gasteiger partial charge in [0.05, 0.1) is 16.6 Å². The lowest BCUT2D eigenvalue weighted by Crippen LogP contribution is -2.08. The van der Waals surface area contributed by atoms with Crippen LogP contribution in [0.4, 0.5) is 0 Å². The molecule has 122 valence electrons. The third kappa shape index (κ3) is 3.15. The average Bonchev–Trinajstić information content (AvgIpc) is 3.07. The lowest BCUT2D eigenvalue weighted by Gasteiger charge is -2.06. The van der Waals surface area contributed by atoms with Crippen LogP contribution in [0.15, 0.2) is 72.8 Å². The van der Waals surface area contributed by atoms with Crippen molar-refractivity contribution in [3.63, 3.8) is 0 Å². The van der Waals surface area contributed by atoms with Crippen molar-refractivity contribution < 1.29 is 9.53 Å². The van der Waals surface area contributed by atoms with Crippen LogP contribution in [0.2, 0.25) is 0 Å². The van der Waals surface area contributed by atoms with Crippen LogP contribution in [-0.2, 0) is 0 Å². The highest BCUT2D eigenvalue weighted by Crippen LogP contribution is 2.24. The number of rotatable bonds is 3. The zero-order valence-electron chi connectivity index (χ0n) is 13.7. The van der Waals surface area contributed by atoms with Crippen LogP contribution in [0.5, 0.6) is 5.75 Å². The van der Waals surface area contributed by atoms with Crippen molar-refractivity contribution in [2.75, 3.05) is 0 Å². The molecule has 0 amide bonds. The predicted molar refractivity (Wildman–Crippen MR) is 97.7 cm³/mol. The topological polar surface area (TPSA) is 55.0 Å². The minimum absolute atomic E-state index is 0.373. The molecule has 25 heavy (non-hydrogen) atoms. The van der Waals surface area contributed by atoms with E-state index in [-0.39, 0.29) is 5.97 Å². The predicted octanol–water partition coefficient (Wildman–Crippen LogP) is 4.76. The third-order valence-corrected chi connectivity index (χ3v) is 3.99. The van der Waals surface area contributed by atoms with E-state index in [1.165, 1.54) is 0 Å². The van der Waals surface area contributed by atoms with Crippen LogP contribution in [-0.4, -0.2) is 15.9 Å². The number of imidazole rings is 1. The number of ether oxygens (including phenoxy) is 1. The minimum Gasteiger partial charge on any atom is -0.423 e. The summed E-state index contributed by atoms with van der Waals surface area (Å²) >= 11 is 0. The van der Waals surface area contributed by atoms with Gasteiger partial charge in [-0.15, -0.1) is 0 Å². The monoisotopic (exact) mass is 328 g/mol. The van der Waals surface area contributed by atoms with E-state index in [0.717, 1.165) is 28.0 Å². The summed E-state index contributed by atoms with van der Waals surface area (Å²) in [6, 6.07) is 22.5. The average molecular weight is 328 g/mol. The molecule has 0 radical (unpaired) electrons. The summed E-state index contributed by atoms with van der Waals surface area (Å²) in [5.74, 6) is 0.861. The number of fused-ring (bicyclic) bond motifs is 1. The number of carbonyl (C=O) groups excluding carboxylic acids is 1. The van der Waals surface area contributed by atoms with Crippen molar-refractivity contribution in [3.05, 3.63) is 83.9 Å². The van der Waals surface area contributed by atoms with Crippen LogP contribution in [0, 0.1) is 6.92 Å². The molecule has 3 aromatic carbocycles. The number of carbonyl (C=O) groups is 1. The van der Waals surface area contributed by atoms with Crippen molar-refractivity contribution in [1.29, 1.82) is 0 Å². The number of benzene rings is 3. The van der Waals surface area contributed by atoms with Crippen LogP contribution < -0.4 is 4.74 Å². The van der Waals surface area contributed by atoms with E-state index in [4.69, 9.17) is 4.74 Å². The van der Waals surface area contributed by atoms with Gasteiger partial charge >= 0.3 is 5.97 Å². The smallest absolute Gasteiger partial charge is 0.343 e. The third-order valence-electron chi connectivity index (χ3n) is 3.99. The van der Waals surface area contributed by atoms with Crippen molar-refractivity contribution in [3.8, 4) is 17.1 Å². The molecule has 0 saturated carbocycles. The summed E-state index contributed by atoms with van der Waals surface area (Å²) in [6.07, 6.45) is 0. The summed E-state index contributed by atoms with van der Waals surface area (Å²) in [4.78, 5) is 20.1. The summed E-state index contributed by atoms with van der Waals surface area (Å²) in [7, 11) is 0. The second-order valence-electron chi connectivity index (χ2n) is 5.89. The number of nitrogens with zero attached hydrogens (tertiary/aromatic N) is 1. The van der Waals surface area contributed by atoms with Crippen LogP contribution >= 0.6 is 0 Å². The lowest BCUT2D eigenvalue weighted by atomic mass is 10.1. The van der Waals surface area contributed by atoms with Crippen molar-refractivity contribution >= 4 is 17.0 Å². The Kier molecular flexibility index (Phi) is 3.78. The SMILES string of the molecule is Cc1ccc(C(=O)Oc2cccc(-c3nc4ccccc4[nH]3)c2)cc1. The normalized spacial score (nSPS) is 10.8. The molecule has 0 fully saturated rings. The Morgan fingerprint density at radius 1 is 0.960 bits per heavy atom. The quantitative estimate of drug-likeness (QED) is 0.436. The van der Waals surface area contributed by atoms with Crippen LogP contribution in [0.3, 0.4) is 0 Å². The van der Waals surface area contributed by atoms with Crippen molar-refractivity contribution in [1.82, 2.24) is 9.97 Å². The number of para-hydroxylation sites is 2. The summed E-state index contributed by atoms with van der Waals surface area (Å²) in [5, 5.41) is 0. The second kappa shape index (κ2) is 6.24. The highest BCUT2D eigenvalue weighted by Gasteiger charge is 2.10. The molecule has 0 atom stereocenters. The van der Waals surface area contributed by atoms with Crippen LogP contribution in [0.25, 0.3) is 22.4 Å². The van der Waals surface area contributed by atoms with Gasteiger partial charge in [-0.05, 0) is 43.3 Å². The maximum atomic E-state index is 12.3. The molecule has 4 aromatic rings. The molecule has 0 aliphatic carbocycles. The van der Waals surface area contributed by atoms with Crippen molar-refractivity contribution in [2.45, 2.75) is 6.92 Å². The van der Waals surface area contributed by atoms with E-state index in [0.29, 0.717) is 11.3 Å². The molecule has 0 bridgehead atoms. The Balaban J connectivity index is 1.60. The Labute approximate surface area is 145 Å². The number of nitrogens with one attached hydrogen (secondary N) is 1. The number of aryl methyl sites for hydroxylation is 1. The van der Waals surface area contributed by atoms with Gasteiger partial charge in [-0.1, -0.05) is 42.0 Å². The molecule has 0 unspecified atom stereocenters. The molecular formula is C21H16N2O2. The molecule has 1 aromatic heterocycles. The number of hydrogen-bond donors (Lipinski definition) is 1. The molecule has 4 rings (SSSR count). The van der Waals surface area contributed by atoms with E-state index in [1.807, 2.05) is 61.5 Å². The molecule has 0 aliphatic rings. The van der Waals surface area contributed by atoms with E-state index < -0.39 is 0 Å². The van der Waals surface area contributed by atoms with Crippen molar-refractivity contribution in [2.24, 2.45) is 0 Å². The molecule has 0 spiro atoms. The number of H-pyrrole nitrogens is 1. The number of esters is 1. The molecule has 1 heterocycles. The van der Waals surface area contributed by atoms with E-state index in [1.54, 1.807) is 18.2 Å². The minimum atomic E-state index is -0.373. The molecule has 0 saturated heterocycles. The second-order valence-corrected chi connectivity index (χ2v) is 5.89. The molecular weight excluding hydrogens is 312 g/mol. The Bertz CT molecular complexity index is 1020. The molecule has 4 nitrogen and oxygen atoms in total. The largest absolute Gasteiger partial charge is 0.423 e. The van der Waals surface area contributed by atoms with Gasteiger partial charge in [0.15, 0.2) is 0 Å². The lowest BCUT2D eigenvalue weighted by molar-refractivity contribution is 0.0735. The van der Waals surface area contributed by atoms with Gasteiger partial charge in [0, 0.05) is 5.56 Å². The molecule has 1 N–H and O–H groups in total. The van der Waals surface area contributed by atoms with E-state index in [2.05, 4.69) is 9.97 Å². The maximum Gasteiger partial charge on any atom is 0.343 e. The highest BCUT2D eigenvalue weighted by molar-refractivity contribution is 5.91. The Hall–Kier alpha value is -3.40. The van der Waals surface area contributed by atoms with Gasteiger partial charge in [-0.25, -0.2) is 9.78 Å². The van der Waals surface area contributed by atoms with Gasteiger partial charge in [0.2, 0.25) is 0 Å². The number of hydrogen-bond acceptors (Lipinski definition) is 3. The molecule has 4 heteroatoms. The number of aromatic amines is 1. The van der Waals surface area contributed by atoms with E-state index in [9.17, 15) is 4.79 Å².